The predicted molar refractivity (Wildman–Crippen MR) is 101 cm³/mol. The highest BCUT2D eigenvalue weighted by atomic mass is 16.7. The maximum Gasteiger partial charge on any atom is 0.338 e. The Hall–Kier alpha value is -3.39. The van der Waals surface area contributed by atoms with E-state index in [4.69, 9.17) is 24.5 Å². The summed E-state index contributed by atoms with van der Waals surface area (Å²) in [7, 11) is 1.37. The first-order chi connectivity index (χ1) is 14.1. The zero-order chi connectivity index (χ0) is 20.6. The summed E-state index contributed by atoms with van der Waals surface area (Å²) in [5.41, 5.74) is 9.58. The second-order valence-corrected chi connectivity index (χ2v) is 6.17. The van der Waals surface area contributed by atoms with Gasteiger partial charge in [0.15, 0.2) is 6.29 Å². The number of nitrogens with zero attached hydrogens (tertiary/aromatic N) is 3. The molecule has 9 nitrogen and oxygen atoms in total. The highest BCUT2D eigenvalue weighted by Gasteiger charge is 2.47. The van der Waals surface area contributed by atoms with Crippen molar-refractivity contribution in [3.63, 3.8) is 0 Å². The molecule has 0 N–H and O–H groups in total. The van der Waals surface area contributed by atoms with Crippen molar-refractivity contribution in [2.24, 2.45) is 5.11 Å². The van der Waals surface area contributed by atoms with Crippen LogP contribution in [0.25, 0.3) is 10.4 Å². The van der Waals surface area contributed by atoms with E-state index in [0.717, 1.165) is 0 Å². The van der Waals surface area contributed by atoms with E-state index in [0.29, 0.717) is 11.1 Å². The van der Waals surface area contributed by atoms with Gasteiger partial charge in [0.1, 0.15) is 24.9 Å². The summed E-state index contributed by atoms with van der Waals surface area (Å²) in [6.45, 7) is -0.211. The van der Waals surface area contributed by atoms with E-state index >= 15 is 0 Å². The predicted octanol–water partition coefficient (Wildman–Crippen LogP) is 3.12. The maximum atomic E-state index is 12.5. The van der Waals surface area contributed by atoms with Gasteiger partial charge in [-0.15, -0.1) is 0 Å². The summed E-state index contributed by atoms with van der Waals surface area (Å²) in [5.74, 6) is -1.17. The van der Waals surface area contributed by atoms with Gasteiger partial charge >= 0.3 is 11.9 Å². The Kier molecular flexibility index (Phi) is 6.80. The molecule has 1 aliphatic rings. The third-order valence-corrected chi connectivity index (χ3v) is 4.35. The minimum Gasteiger partial charge on any atom is -0.459 e. The van der Waals surface area contributed by atoms with Crippen LogP contribution >= 0.6 is 0 Å². The van der Waals surface area contributed by atoms with Crippen LogP contribution in [0.5, 0.6) is 0 Å². The largest absolute Gasteiger partial charge is 0.459 e. The quantitative estimate of drug-likeness (QED) is 0.306. The Morgan fingerprint density at radius 1 is 1.03 bits per heavy atom. The molecule has 2 aromatic carbocycles. The molecule has 1 unspecified atom stereocenters. The van der Waals surface area contributed by atoms with Crippen LogP contribution in [-0.2, 0) is 18.9 Å². The molecule has 0 aliphatic carbocycles. The van der Waals surface area contributed by atoms with Gasteiger partial charge in [-0.2, -0.15) is 0 Å². The Morgan fingerprint density at radius 3 is 2.17 bits per heavy atom. The molecule has 4 atom stereocenters. The van der Waals surface area contributed by atoms with Gasteiger partial charge in [-0.1, -0.05) is 41.5 Å². The molecule has 2 aromatic rings. The van der Waals surface area contributed by atoms with Gasteiger partial charge in [0.05, 0.1) is 11.1 Å². The monoisotopic (exact) mass is 397 g/mol. The summed E-state index contributed by atoms with van der Waals surface area (Å²) in [4.78, 5) is 27.5. The topological polar surface area (TPSA) is 120 Å². The van der Waals surface area contributed by atoms with E-state index in [-0.39, 0.29) is 6.61 Å². The van der Waals surface area contributed by atoms with Gasteiger partial charge in [0.25, 0.3) is 0 Å². The third kappa shape index (κ3) is 4.91. The Bertz CT molecular complexity index is 886. The van der Waals surface area contributed by atoms with Crippen molar-refractivity contribution < 1.29 is 28.5 Å². The molecular weight excluding hydrogens is 378 g/mol. The molecule has 0 bridgehead atoms. The number of azide groups is 1. The van der Waals surface area contributed by atoms with E-state index in [1.54, 1.807) is 60.7 Å². The lowest BCUT2D eigenvalue weighted by molar-refractivity contribution is -0.131. The van der Waals surface area contributed by atoms with Gasteiger partial charge in [-0.3, -0.25) is 0 Å². The number of benzene rings is 2. The minimum atomic E-state index is -0.993. The van der Waals surface area contributed by atoms with Gasteiger partial charge in [0, 0.05) is 12.0 Å². The molecule has 0 amide bonds. The van der Waals surface area contributed by atoms with Crippen LogP contribution in [0.4, 0.5) is 0 Å². The number of rotatable bonds is 7. The number of carbonyl (C=O) groups excluding carboxylic acids is 2. The fourth-order valence-electron chi connectivity index (χ4n) is 2.94. The van der Waals surface area contributed by atoms with Crippen LogP contribution in [-0.4, -0.2) is 50.2 Å². The maximum absolute atomic E-state index is 12.5. The van der Waals surface area contributed by atoms with Crippen LogP contribution in [0.1, 0.15) is 20.7 Å². The smallest absolute Gasteiger partial charge is 0.338 e. The molecule has 1 aliphatic heterocycles. The van der Waals surface area contributed by atoms with Crippen LogP contribution in [0.3, 0.4) is 0 Å². The SMILES string of the molecule is CO[C@@H]1O[C@H](COC(=O)c2ccccc2)[C@@H](OC(=O)c2ccccc2)C1N=[N+]=[N-]. The van der Waals surface area contributed by atoms with E-state index in [2.05, 4.69) is 10.0 Å². The zero-order valence-electron chi connectivity index (χ0n) is 15.6. The van der Waals surface area contributed by atoms with Gasteiger partial charge < -0.3 is 18.9 Å². The summed E-state index contributed by atoms with van der Waals surface area (Å²) in [5, 5.41) is 3.65. The molecule has 0 spiro atoms. The second-order valence-electron chi connectivity index (χ2n) is 6.17. The van der Waals surface area contributed by atoms with Crippen molar-refractivity contribution in [1.82, 2.24) is 0 Å². The Labute approximate surface area is 166 Å². The molecule has 1 fully saturated rings. The van der Waals surface area contributed by atoms with Crippen LogP contribution < -0.4 is 0 Å². The minimum absolute atomic E-state index is 0.211. The number of hydrogen-bond donors (Lipinski definition) is 0. The first kappa shape index (κ1) is 20.3. The first-order valence-corrected chi connectivity index (χ1v) is 8.84. The van der Waals surface area contributed by atoms with Crippen LogP contribution in [0.15, 0.2) is 65.8 Å². The van der Waals surface area contributed by atoms with E-state index < -0.39 is 36.5 Å². The number of hydrogen-bond acceptors (Lipinski definition) is 7. The molecule has 0 aromatic heterocycles. The normalized spacial score (nSPS) is 23.1. The van der Waals surface area contributed by atoms with Crippen molar-refractivity contribution >= 4 is 11.9 Å². The molecule has 0 radical (unpaired) electrons. The summed E-state index contributed by atoms with van der Waals surface area (Å²) < 4.78 is 21.7. The molecule has 1 heterocycles. The highest BCUT2D eigenvalue weighted by molar-refractivity contribution is 5.90. The molecule has 3 rings (SSSR count). The van der Waals surface area contributed by atoms with Crippen LogP contribution in [0.2, 0.25) is 0 Å². The Morgan fingerprint density at radius 2 is 1.62 bits per heavy atom. The molecule has 0 saturated carbocycles. The average Bonchev–Trinajstić information content (AvgIpc) is 3.09. The lowest BCUT2D eigenvalue weighted by atomic mass is 10.1. The lowest BCUT2D eigenvalue weighted by Crippen LogP contribution is -2.38. The standard InChI is InChI=1S/C20H19N3O6/c1-26-20-16(22-23-21)17(29-19(25)14-10-6-3-7-11-14)15(28-20)12-27-18(24)13-8-4-2-5-9-13/h2-11,15-17,20H,12H2,1H3/t15-,16?,17-,20-/m1/s1. The fraction of sp³-hybridized carbons (Fsp3) is 0.300. The van der Waals surface area contributed by atoms with Crippen molar-refractivity contribution in [1.29, 1.82) is 0 Å². The average molecular weight is 397 g/mol. The summed E-state index contributed by atoms with van der Waals surface area (Å²) in [6, 6.07) is 15.9. The first-order valence-electron chi connectivity index (χ1n) is 8.84. The van der Waals surface area contributed by atoms with Crippen molar-refractivity contribution in [2.45, 2.75) is 24.5 Å². The third-order valence-electron chi connectivity index (χ3n) is 4.35. The van der Waals surface area contributed by atoms with Gasteiger partial charge in [0.2, 0.25) is 0 Å². The van der Waals surface area contributed by atoms with E-state index in [1.165, 1.54) is 7.11 Å². The molecule has 29 heavy (non-hydrogen) atoms. The van der Waals surface area contributed by atoms with E-state index in [1.807, 2.05) is 0 Å². The van der Waals surface area contributed by atoms with Crippen molar-refractivity contribution in [3.05, 3.63) is 82.2 Å². The number of ether oxygens (including phenoxy) is 4. The summed E-state index contributed by atoms with van der Waals surface area (Å²) >= 11 is 0. The van der Waals surface area contributed by atoms with Crippen LogP contribution in [0, 0.1) is 0 Å². The number of esters is 2. The Balaban J connectivity index is 1.74. The fourth-order valence-corrected chi connectivity index (χ4v) is 2.94. The van der Waals surface area contributed by atoms with Crippen molar-refractivity contribution in [3.8, 4) is 0 Å². The highest BCUT2D eigenvalue weighted by Crippen LogP contribution is 2.29. The zero-order valence-corrected chi connectivity index (χ0v) is 15.6. The van der Waals surface area contributed by atoms with Crippen molar-refractivity contribution in [2.75, 3.05) is 13.7 Å². The van der Waals surface area contributed by atoms with E-state index in [9.17, 15) is 9.59 Å². The van der Waals surface area contributed by atoms with Gasteiger partial charge in [-0.05, 0) is 29.8 Å². The molecule has 1 saturated heterocycles. The summed E-state index contributed by atoms with van der Waals surface area (Å²) in [6.07, 6.45) is -2.80. The number of methoxy groups -OCH3 is 1. The molecule has 150 valence electrons. The molecule has 9 heteroatoms. The number of carbonyl (C=O) groups is 2. The van der Waals surface area contributed by atoms with Gasteiger partial charge in [-0.25, -0.2) is 9.59 Å². The second kappa shape index (κ2) is 9.70. The lowest BCUT2D eigenvalue weighted by Gasteiger charge is -2.21. The molecular formula is C20H19N3O6.